The molecule has 0 atom stereocenters. The second-order valence-electron chi connectivity index (χ2n) is 5.60. The largest absolute Gasteiger partial charge is 0.384 e. The third-order valence-corrected chi connectivity index (χ3v) is 4.81. The molecule has 1 aromatic heterocycles. The van der Waals surface area contributed by atoms with E-state index in [2.05, 4.69) is 16.8 Å². The summed E-state index contributed by atoms with van der Waals surface area (Å²) in [4.78, 5) is 6.53. The van der Waals surface area contributed by atoms with Crippen LogP contribution in [0.5, 0.6) is 0 Å². The van der Waals surface area contributed by atoms with Crippen molar-refractivity contribution in [3.05, 3.63) is 22.8 Å². The lowest BCUT2D eigenvalue weighted by atomic mass is 9.84. The molecule has 0 amide bonds. The highest BCUT2D eigenvalue weighted by molar-refractivity contribution is 6.36. The Balaban J connectivity index is 2.15. The Bertz CT molecular complexity index is 481. The van der Waals surface area contributed by atoms with E-state index in [1.54, 1.807) is 12.3 Å². The van der Waals surface area contributed by atoms with Crippen LogP contribution in [0.3, 0.4) is 0 Å². The number of hydrogen-bond acceptors (Lipinski definition) is 3. The van der Waals surface area contributed by atoms with E-state index in [-0.39, 0.29) is 5.84 Å². The van der Waals surface area contributed by atoms with Gasteiger partial charge in [-0.05, 0) is 37.7 Å². The van der Waals surface area contributed by atoms with Crippen molar-refractivity contribution in [3.8, 4) is 0 Å². The number of halogens is 1. The molecule has 0 radical (unpaired) electrons. The van der Waals surface area contributed by atoms with Crippen LogP contribution in [0.4, 0.5) is 5.82 Å². The van der Waals surface area contributed by atoms with Gasteiger partial charge >= 0.3 is 0 Å². The maximum absolute atomic E-state index is 7.56. The fraction of sp³-hybridized carbons (Fsp3) is 0.600. The van der Waals surface area contributed by atoms with Gasteiger partial charge in [0, 0.05) is 24.8 Å². The lowest BCUT2D eigenvalue weighted by Crippen LogP contribution is -2.36. The molecule has 4 nitrogen and oxygen atoms in total. The lowest BCUT2D eigenvalue weighted by molar-refractivity contribution is 0.313. The van der Waals surface area contributed by atoms with E-state index in [0.717, 1.165) is 11.7 Å². The summed E-state index contributed by atoms with van der Waals surface area (Å²) in [5.41, 5.74) is 6.11. The van der Waals surface area contributed by atoms with E-state index in [4.69, 9.17) is 22.7 Å². The van der Waals surface area contributed by atoms with Gasteiger partial charge in [0.05, 0.1) is 5.02 Å². The minimum Gasteiger partial charge on any atom is -0.384 e. The highest BCUT2D eigenvalue weighted by Gasteiger charge is 2.25. The maximum Gasteiger partial charge on any atom is 0.148 e. The van der Waals surface area contributed by atoms with Gasteiger partial charge in [-0.3, -0.25) is 5.41 Å². The summed E-state index contributed by atoms with van der Waals surface area (Å²) >= 11 is 6.35. The quantitative estimate of drug-likeness (QED) is 0.660. The third-order valence-electron chi connectivity index (χ3n) is 4.44. The average Bonchev–Trinajstić information content (AvgIpc) is 2.46. The van der Waals surface area contributed by atoms with Gasteiger partial charge in [0.2, 0.25) is 0 Å². The third kappa shape index (κ3) is 3.06. The first-order valence-corrected chi connectivity index (χ1v) is 7.64. The molecule has 0 spiro atoms. The smallest absolute Gasteiger partial charge is 0.148 e. The molecule has 0 aromatic carbocycles. The molecular weight excluding hydrogens is 272 g/mol. The Morgan fingerprint density at radius 2 is 2.10 bits per heavy atom. The molecule has 1 aliphatic rings. The van der Waals surface area contributed by atoms with E-state index in [1.807, 2.05) is 7.05 Å². The zero-order valence-corrected chi connectivity index (χ0v) is 13.0. The van der Waals surface area contributed by atoms with Crippen LogP contribution >= 0.6 is 11.6 Å². The van der Waals surface area contributed by atoms with Gasteiger partial charge in [-0.15, -0.1) is 0 Å². The molecule has 1 aliphatic carbocycles. The number of aromatic nitrogens is 1. The second kappa shape index (κ2) is 6.44. The van der Waals surface area contributed by atoms with Crippen molar-refractivity contribution in [2.75, 3.05) is 11.9 Å². The van der Waals surface area contributed by atoms with Crippen LogP contribution in [-0.2, 0) is 0 Å². The summed E-state index contributed by atoms with van der Waals surface area (Å²) < 4.78 is 0. The number of nitrogen functional groups attached to an aromatic ring is 1. The molecule has 1 aromatic rings. The van der Waals surface area contributed by atoms with Gasteiger partial charge in [0.1, 0.15) is 11.7 Å². The van der Waals surface area contributed by atoms with Gasteiger partial charge in [0.15, 0.2) is 0 Å². The average molecular weight is 295 g/mol. The molecule has 5 heteroatoms. The second-order valence-corrected chi connectivity index (χ2v) is 5.98. The van der Waals surface area contributed by atoms with Gasteiger partial charge in [0.25, 0.3) is 0 Å². The van der Waals surface area contributed by atoms with Crippen LogP contribution in [0.25, 0.3) is 0 Å². The molecule has 0 saturated heterocycles. The SMILES string of the molecule is CCC1CCC(N(C)c2nccc(C(=N)N)c2Cl)CC1. The first-order valence-electron chi connectivity index (χ1n) is 7.26. The summed E-state index contributed by atoms with van der Waals surface area (Å²) in [6.45, 7) is 2.27. The number of pyridine rings is 1. The Kier molecular flexibility index (Phi) is 4.86. The highest BCUT2D eigenvalue weighted by atomic mass is 35.5. The zero-order chi connectivity index (χ0) is 14.7. The Labute approximate surface area is 125 Å². The van der Waals surface area contributed by atoms with E-state index in [9.17, 15) is 0 Å². The number of nitrogens with zero attached hydrogens (tertiary/aromatic N) is 2. The summed E-state index contributed by atoms with van der Waals surface area (Å²) in [5.74, 6) is 1.59. The topological polar surface area (TPSA) is 66.0 Å². The molecule has 1 fully saturated rings. The van der Waals surface area contributed by atoms with E-state index in [0.29, 0.717) is 16.6 Å². The Morgan fingerprint density at radius 3 is 2.65 bits per heavy atom. The minimum absolute atomic E-state index is 0.0123. The zero-order valence-electron chi connectivity index (χ0n) is 12.2. The van der Waals surface area contributed by atoms with Crippen LogP contribution < -0.4 is 10.6 Å². The summed E-state index contributed by atoms with van der Waals surface area (Å²) in [6.07, 6.45) is 7.85. The molecule has 1 saturated carbocycles. The van der Waals surface area contributed by atoms with E-state index >= 15 is 0 Å². The number of nitrogens with two attached hydrogens (primary N) is 1. The normalized spacial score (nSPS) is 22.6. The van der Waals surface area contributed by atoms with Gasteiger partial charge < -0.3 is 10.6 Å². The number of rotatable bonds is 4. The summed E-state index contributed by atoms with van der Waals surface area (Å²) in [7, 11) is 2.04. The Hall–Kier alpha value is -1.29. The molecule has 1 heterocycles. The predicted octanol–water partition coefficient (Wildman–Crippen LogP) is 3.42. The number of hydrogen-bond donors (Lipinski definition) is 2. The van der Waals surface area contributed by atoms with Crippen LogP contribution in [0.15, 0.2) is 12.3 Å². The molecular formula is C15H23ClN4. The van der Waals surface area contributed by atoms with Crippen molar-refractivity contribution in [1.29, 1.82) is 5.41 Å². The monoisotopic (exact) mass is 294 g/mol. The molecule has 20 heavy (non-hydrogen) atoms. The fourth-order valence-electron chi connectivity index (χ4n) is 3.00. The lowest BCUT2D eigenvalue weighted by Gasteiger charge is -2.35. The number of anilines is 1. The van der Waals surface area contributed by atoms with Crippen molar-refractivity contribution in [2.24, 2.45) is 11.7 Å². The van der Waals surface area contributed by atoms with Crippen molar-refractivity contribution in [3.63, 3.8) is 0 Å². The Morgan fingerprint density at radius 1 is 1.45 bits per heavy atom. The van der Waals surface area contributed by atoms with Crippen molar-refractivity contribution in [1.82, 2.24) is 4.98 Å². The molecule has 0 bridgehead atoms. The van der Waals surface area contributed by atoms with Crippen molar-refractivity contribution in [2.45, 2.75) is 45.1 Å². The van der Waals surface area contributed by atoms with Crippen LogP contribution in [0, 0.1) is 11.3 Å². The van der Waals surface area contributed by atoms with E-state index in [1.165, 1.54) is 32.1 Å². The van der Waals surface area contributed by atoms with Crippen molar-refractivity contribution < 1.29 is 0 Å². The summed E-state index contributed by atoms with van der Waals surface area (Å²) in [6, 6.07) is 2.17. The number of amidine groups is 1. The van der Waals surface area contributed by atoms with E-state index < -0.39 is 0 Å². The molecule has 0 unspecified atom stereocenters. The highest BCUT2D eigenvalue weighted by Crippen LogP contribution is 2.33. The van der Waals surface area contributed by atoms with Crippen LogP contribution in [-0.4, -0.2) is 23.9 Å². The first kappa shape index (κ1) is 15.1. The molecule has 0 aliphatic heterocycles. The van der Waals surface area contributed by atoms with Gasteiger partial charge in [-0.2, -0.15) is 0 Å². The molecule has 2 rings (SSSR count). The standard InChI is InChI=1S/C15H23ClN4/c1-3-10-4-6-11(7-5-10)20(2)15-13(16)12(14(17)18)8-9-19-15/h8-11H,3-7H2,1-2H3,(H3,17,18). The maximum atomic E-state index is 7.56. The number of nitrogens with one attached hydrogen (secondary N) is 1. The molecule has 110 valence electrons. The predicted molar refractivity (Wildman–Crippen MR) is 84.7 cm³/mol. The first-order chi connectivity index (χ1) is 9.54. The van der Waals surface area contributed by atoms with Crippen LogP contribution in [0.1, 0.15) is 44.6 Å². The fourth-order valence-corrected chi connectivity index (χ4v) is 3.35. The van der Waals surface area contributed by atoms with Crippen LogP contribution in [0.2, 0.25) is 5.02 Å². The van der Waals surface area contributed by atoms with Crippen molar-refractivity contribution >= 4 is 23.3 Å². The summed E-state index contributed by atoms with van der Waals surface area (Å²) in [5, 5.41) is 8.04. The minimum atomic E-state index is -0.0123. The van der Waals surface area contributed by atoms with Gasteiger partial charge in [-0.1, -0.05) is 24.9 Å². The van der Waals surface area contributed by atoms with Gasteiger partial charge in [-0.25, -0.2) is 4.98 Å². The molecule has 3 N–H and O–H groups in total.